The lowest BCUT2D eigenvalue weighted by molar-refractivity contribution is 0.391. The lowest BCUT2D eigenvalue weighted by atomic mass is 10.2. The Morgan fingerprint density at radius 3 is 2.67 bits per heavy atom. The molecule has 0 amide bonds. The van der Waals surface area contributed by atoms with Gasteiger partial charge in [-0.3, -0.25) is 4.31 Å². The molecule has 0 aliphatic rings. The number of hydrogen-bond acceptors (Lipinski definition) is 7. The zero-order valence-electron chi connectivity index (χ0n) is 14.6. The third-order valence-corrected chi connectivity index (χ3v) is 5.72. The summed E-state index contributed by atoms with van der Waals surface area (Å²) in [5.74, 6) is 2.24. The molecule has 0 aliphatic heterocycles. The monoisotopic (exact) mass is 466 g/mol. The summed E-state index contributed by atoms with van der Waals surface area (Å²) in [5, 5.41) is 0.421. The highest BCUT2D eigenvalue weighted by Gasteiger charge is 2.15. The first-order valence-corrected chi connectivity index (χ1v) is 9.78. The lowest BCUT2D eigenvalue weighted by Gasteiger charge is -2.23. The van der Waals surface area contributed by atoms with Crippen molar-refractivity contribution in [3.63, 3.8) is 0 Å². The summed E-state index contributed by atoms with van der Waals surface area (Å²) in [6.07, 6.45) is 4.94. The van der Waals surface area contributed by atoms with E-state index in [-0.39, 0.29) is 0 Å². The van der Waals surface area contributed by atoms with Crippen LogP contribution in [-0.4, -0.2) is 29.2 Å². The number of ether oxygens (including phenoxy) is 2. The van der Waals surface area contributed by atoms with Crippen molar-refractivity contribution >= 4 is 45.3 Å². The van der Waals surface area contributed by atoms with Crippen molar-refractivity contribution < 1.29 is 9.47 Å². The second-order valence-corrected chi connectivity index (χ2v) is 7.62. The Hall–Kier alpha value is -2.03. The number of nitrogens with zero attached hydrogens (tertiary/aromatic N) is 4. The van der Waals surface area contributed by atoms with Gasteiger partial charge in [0.2, 0.25) is 0 Å². The van der Waals surface area contributed by atoms with E-state index >= 15 is 0 Å². The van der Waals surface area contributed by atoms with Gasteiger partial charge < -0.3 is 9.47 Å². The summed E-state index contributed by atoms with van der Waals surface area (Å²) in [5.41, 5.74) is 0.991. The first kappa shape index (κ1) is 19.7. The van der Waals surface area contributed by atoms with Gasteiger partial charge in [0.15, 0.2) is 0 Å². The average Bonchev–Trinajstić information content (AvgIpc) is 2.71. The fourth-order valence-corrected chi connectivity index (χ4v) is 3.84. The quantitative estimate of drug-likeness (QED) is 0.357. The van der Waals surface area contributed by atoms with Gasteiger partial charge in [0.25, 0.3) is 0 Å². The molecule has 140 valence electrons. The number of benzene rings is 1. The van der Waals surface area contributed by atoms with Crippen molar-refractivity contribution in [1.82, 2.24) is 15.0 Å². The van der Waals surface area contributed by atoms with Crippen LogP contribution in [0.1, 0.15) is 5.56 Å². The summed E-state index contributed by atoms with van der Waals surface area (Å²) >= 11 is 10.9. The maximum absolute atomic E-state index is 6.00. The maximum atomic E-state index is 6.00. The normalized spacial score (nSPS) is 10.5. The van der Waals surface area contributed by atoms with Gasteiger partial charge in [-0.1, -0.05) is 11.6 Å². The fourth-order valence-electron chi connectivity index (χ4n) is 2.31. The molecule has 0 spiro atoms. The van der Waals surface area contributed by atoms with E-state index in [1.54, 1.807) is 26.6 Å². The molecule has 0 atom stereocenters. The topological polar surface area (TPSA) is 60.4 Å². The zero-order valence-corrected chi connectivity index (χ0v) is 17.8. The molecule has 0 saturated heterocycles. The number of rotatable bonds is 7. The van der Waals surface area contributed by atoms with Crippen LogP contribution in [0, 0.1) is 0 Å². The van der Waals surface area contributed by atoms with E-state index in [2.05, 4.69) is 30.9 Å². The molecule has 0 N–H and O–H groups in total. The lowest BCUT2D eigenvalue weighted by Crippen LogP contribution is -2.16. The molecule has 1 aromatic carbocycles. The number of methoxy groups -OCH3 is 2. The molecule has 0 bridgehead atoms. The van der Waals surface area contributed by atoms with Crippen molar-refractivity contribution in [2.75, 3.05) is 18.5 Å². The van der Waals surface area contributed by atoms with Crippen LogP contribution in [-0.2, 0) is 6.54 Å². The summed E-state index contributed by atoms with van der Waals surface area (Å²) in [7, 11) is 3.27. The van der Waals surface area contributed by atoms with Gasteiger partial charge in [-0.2, -0.15) is 0 Å². The number of halogens is 2. The number of aromatic nitrogens is 3. The van der Waals surface area contributed by atoms with Crippen molar-refractivity contribution in [2.24, 2.45) is 0 Å². The third-order valence-electron chi connectivity index (χ3n) is 3.62. The molecule has 0 unspecified atom stereocenters. The van der Waals surface area contributed by atoms with E-state index in [9.17, 15) is 0 Å². The van der Waals surface area contributed by atoms with Crippen molar-refractivity contribution in [1.29, 1.82) is 0 Å². The molecule has 3 rings (SSSR count). The van der Waals surface area contributed by atoms with E-state index in [0.29, 0.717) is 11.7 Å². The zero-order chi connectivity index (χ0) is 19.2. The van der Waals surface area contributed by atoms with Crippen LogP contribution in [0.25, 0.3) is 0 Å². The Kier molecular flexibility index (Phi) is 6.76. The Bertz CT molecular complexity index is 917. The van der Waals surface area contributed by atoms with E-state index < -0.39 is 0 Å². The molecule has 6 nitrogen and oxygen atoms in total. The molecule has 2 heterocycles. The molecule has 0 radical (unpaired) electrons. The minimum absolute atomic E-state index is 0.421. The third kappa shape index (κ3) is 5.03. The Morgan fingerprint density at radius 2 is 2.00 bits per heavy atom. The summed E-state index contributed by atoms with van der Waals surface area (Å²) < 4.78 is 13.6. The van der Waals surface area contributed by atoms with Gasteiger partial charge in [-0.05, 0) is 52.1 Å². The average molecular weight is 468 g/mol. The standard InChI is InChI=1S/C18H16BrClN4O2S/c1-25-13-4-3-12(16(7-13)26-2)10-24(17-5-6-21-11-23-17)27-14-8-15(19)18(20)22-9-14/h3-9,11H,10H2,1-2H3. The number of pyridine rings is 1. The minimum Gasteiger partial charge on any atom is -0.497 e. The molecule has 2 aromatic heterocycles. The molecule has 0 aliphatic carbocycles. The fraction of sp³-hybridized carbons (Fsp3) is 0.167. The summed E-state index contributed by atoms with van der Waals surface area (Å²) in [4.78, 5) is 13.5. The van der Waals surface area contributed by atoms with Gasteiger partial charge >= 0.3 is 0 Å². The smallest absolute Gasteiger partial charge is 0.143 e. The Morgan fingerprint density at radius 1 is 1.15 bits per heavy atom. The van der Waals surface area contributed by atoms with Gasteiger partial charge in [-0.15, -0.1) is 0 Å². The van der Waals surface area contributed by atoms with Gasteiger partial charge in [0.1, 0.15) is 28.8 Å². The molecule has 3 aromatic rings. The van der Waals surface area contributed by atoms with Gasteiger partial charge in [-0.25, -0.2) is 15.0 Å². The van der Waals surface area contributed by atoms with Crippen LogP contribution in [0.15, 0.2) is 58.4 Å². The molecule has 9 heteroatoms. The predicted octanol–water partition coefficient (Wildman–Crippen LogP) is 5.02. The van der Waals surface area contributed by atoms with Crippen LogP contribution < -0.4 is 13.8 Å². The van der Waals surface area contributed by atoms with Crippen molar-refractivity contribution in [3.05, 3.63) is 64.2 Å². The summed E-state index contributed by atoms with van der Waals surface area (Å²) in [6, 6.07) is 9.50. The van der Waals surface area contributed by atoms with Crippen LogP contribution in [0.5, 0.6) is 11.5 Å². The van der Waals surface area contributed by atoms with Crippen LogP contribution >= 0.6 is 39.5 Å². The Balaban J connectivity index is 1.92. The van der Waals surface area contributed by atoms with Gasteiger partial charge in [0.05, 0.1) is 25.2 Å². The van der Waals surface area contributed by atoms with Gasteiger partial charge in [0, 0.05) is 28.9 Å². The number of anilines is 1. The van der Waals surface area contributed by atoms with Crippen molar-refractivity contribution in [3.8, 4) is 11.5 Å². The highest BCUT2D eigenvalue weighted by atomic mass is 79.9. The van der Waals surface area contributed by atoms with Crippen molar-refractivity contribution in [2.45, 2.75) is 11.4 Å². The maximum Gasteiger partial charge on any atom is 0.143 e. The molecule has 27 heavy (non-hydrogen) atoms. The first-order chi connectivity index (χ1) is 13.1. The predicted molar refractivity (Wildman–Crippen MR) is 111 cm³/mol. The molecular formula is C18H16BrClN4O2S. The summed E-state index contributed by atoms with van der Waals surface area (Å²) in [6.45, 7) is 0.551. The van der Waals surface area contributed by atoms with Crippen LogP contribution in [0.3, 0.4) is 0 Å². The van der Waals surface area contributed by atoms with Crippen LogP contribution in [0.2, 0.25) is 5.15 Å². The van der Waals surface area contributed by atoms with E-state index in [0.717, 1.165) is 32.2 Å². The van der Waals surface area contributed by atoms with Crippen LogP contribution in [0.4, 0.5) is 5.82 Å². The second-order valence-electron chi connectivity index (χ2n) is 5.32. The minimum atomic E-state index is 0.421. The highest BCUT2D eigenvalue weighted by molar-refractivity contribution is 9.10. The second kappa shape index (κ2) is 9.25. The Labute approximate surface area is 175 Å². The number of hydrogen-bond donors (Lipinski definition) is 0. The SMILES string of the molecule is COc1ccc(CN(Sc2cnc(Cl)c(Br)c2)c2ccncn2)c(OC)c1. The van der Waals surface area contributed by atoms with E-state index in [1.807, 2.05) is 34.6 Å². The first-order valence-electron chi connectivity index (χ1n) is 7.84. The molecular weight excluding hydrogens is 452 g/mol. The van der Waals surface area contributed by atoms with E-state index in [4.69, 9.17) is 21.1 Å². The largest absolute Gasteiger partial charge is 0.497 e. The molecule has 0 fully saturated rings. The highest BCUT2D eigenvalue weighted by Crippen LogP contribution is 2.34. The molecule has 0 saturated carbocycles. The van der Waals surface area contributed by atoms with E-state index in [1.165, 1.54) is 18.3 Å².